The van der Waals surface area contributed by atoms with Crippen LogP contribution >= 0.6 is 27.9 Å². The molecule has 6 N–H and O–H groups in total. The van der Waals surface area contributed by atoms with Crippen LogP contribution in [0.25, 0.3) is 0 Å². The molecule has 1 aromatic rings. The Hall–Kier alpha value is -0.635. The van der Waals surface area contributed by atoms with Gasteiger partial charge in [-0.15, -0.1) is 0 Å². The molecule has 1 aromatic heterocycles. The molecule has 20 heteroatoms. The van der Waals surface area contributed by atoms with E-state index in [2.05, 4.69) is 18.6 Å². The van der Waals surface area contributed by atoms with Crippen LogP contribution in [0.1, 0.15) is 0 Å². The average Bonchev–Trinajstić information content (AvgIpc) is 2.66. The number of H-pyrrole nitrogens is 1. The minimum absolute atomic E-state index is 0.0828. The van der Waals surface area contributed by atoms with Crippen LogP contribution in [0.4, 0.5) is 4.39 Å². The Bertz CT molecular complexity index is 1020. The number of nitrogens with zero attached hydrogens (tertiary/aromatic N) is 1. The molecule has 29 heavy (non-hydrogen) atoms. The number of hydrogen-bond donors (Lipinski definition) is 6. The van der Waals surface area contributed by atoms with Crippen molar-refractivity contribution in [2.24, 2.45) is 0 Å². The van der Waals surface area contributed by atoms with Gasteiger partial charge in [0, 0.05) is 6.20 Å². The third kappa shape index (κ3) is 4.68. The van der Waals surface area contributed by atoms with Crippen LogP contribution in [-0.4, -0.2) is 81.4 Å². The van der Waals surface area contributed by atoms with Gasteiger partial charge in [-0.3, -0.25) is 14.1 Å². The summed E-state index contributed by atoms with van der Waals surface area (Å²) in [5.41, 5.74) is -4.03. The van der Waals surface area contributed by atoms with Crippen molar-refractivity contribution in [2.75, 3.05) is 0 Å². The van der Waals surface area contributed by atoms with Crippen molar-refractivity contribution in [2.45, 2.75) is 29.1 Å². The molecule has 1 saturated heterocycles. The lowest BCUT2D eigenvalue weighted by molar-refractivity contribution is -0.239. The molecule has 1 fully saturated rings. The Morgan fingerprint density at radius 2 is 1.86 bits per heavy atom. The Balaban J connectivity index is 2.47. The molecule has 5 atom stereocenters. The van der Waals surface area contributed by atoms with Crippen LogP contribution < -0.4 is 5.69 Å². The first-order valence-corrected chi connectivity index (χ1v) is 10.5. The summed E-state index contributed by atoms with van der Waals surface area (Å²) >= 11 is 4.70. The number of phosphoric ester groups is 1. The fourth-order valence-electron chi connectivity index (χ4n) is 2.39. The van der Waals surface area contributed by atoms with Crippen molar-refractivity contribution >= 4 is 51.4 Å². The summed E-state index contributed by atoms with van der Waals surface area (Å²) in [5, 5.41) is 16.5. The Kier molecular flexibility index (Phi) is 6.37. The number of aliphatic hydroxyl groups is 2. The smallest absolute Gasteiger partial charge is 0.386 e. The quantitative estimate of drug-likeness (QED) is 0.144. The van der Waals surface area contributed by atoms with Crippen LogP contribution in [0.15, 0.2) is 17.1 Å². The topological polar surface area (TPSA) is 201 Å². The lowest BCUT2D eigenvalue weighted by atomic mass is 9.59. The van der Waals surface area contributed by atoms with Crippen molar-refractivity contribution in [3.63, 3.8) is 0 Å². The highest BCUT2D eigenvalue weighted by Crippen LogP contribution is 2.61. The standard InChI is InChI=1S/C9H10B3FN2O11P2S/c10-8(15-2-1-3(29)14-6(15)18)5(17)4(16)7(13,24-8)9(11,12)25-28(22,23)26-27(19,20)21/h1-2,4-5,16-17H,(H,22,23)(H,14,18,29)(H2,19,20,21)/t4-,5+,7-,8-/m0/s1. The average molecular weight is 468 g/mol. The summed E-state index contributed by atoms with van der Waals surface area (Å²) < 4.78 is 50.1. The summed E-state index contributed by atoms with van der Waals surface area (Å²) in [5.74, 6) is -4.02. The number of hydrogen-bond acceptors (Lipinski definition) is 9. The van der Waals surface area contributed by atoms with E-state index in [9.17, 15) is 29.0 Å². The summed E-state index contributed by atoms with van der Waals surface area (Å²) in [7, 11) is 4.63. The number of rotatable bonds is 6. The normalized spacial score (nSPS) is 32.8. The largest absolute Gasteiger partial charge is 0.480 e. The molecule has 0 aliphatic carbocycles. The zero-order valence-corrected chi connectivity index (χ0v) is 16.5. The van der Waals surface area contributed by atoms with E-state index in [1.165, 1.54) is 0 Å². The zero-order valence-electron chi connectivity index (χ0n) is 13.9. The second-order valence-electron chi connectivity index (χ2n) is 5.79. The molecule has 154 valence electrons. The van der Waals surface area contributed by atoms with Gasteiger partial charge in [0.2, 0.25) is 0 Å². The highest BCUT2D eigenvalue weighted by atomic mass is 32.1. The number of ether oxygens (including phenoxy) is 1. The molecular weight excluding hydrogens is 458 g/mol. The van der Waals surface area contributed by atoms with Gasteiger partial charge in [-0.2, -0.15) is 4.31 Å². The summed E-state index contributed by atoms with van der Waals surface area (Å²) in [6.45, 7) is 0. The third-order valence-corrected chi connectivity index (χ3v) is 6.07. The molecule has 1 unspecified atom stereocenters. The second kappa shape index (κ2) is 7.50. The van der Waals surface area contributed by atoms with E-state index in [1.54, 1.807) is 0 Å². The third-order valence-electron chi connectivity index (χ3n) is 3.62. The van der Waals surface area contributed by atoms with Crippen molar-refractivity contribution in [1.82, 2.24) is 9.55 Å². The van der Waals surface area contributed by atoms with Gasteiger partial charge in [0.05, 0.1) is 5.40 Å². The summed E-state index contributed by atoms with van der Waals surface area (Å²) in [4.78, 5) is 40.5. The Morgan fingerprint density at radius 3 is 2.34 bits per heavy atom. The highest BCUT2D eigenvalue weighted by Gasteiger charge is 2.68. The van der Waals surface area contributed by atoms with Gasteiger partial charge in [0.15, 0.2) is 0 Å². The van der Waals surface area contributed by atoms with Crippen molar-refractivity contribution in [3.8, 4) is 0 Å². The highest BCUT2D eigenvalue weighted by molar-refractivity contribution is 7.71. The van der Waals surface area contributed by atoms with Gasteiger partial charge in [-0.1, -0.05) is 12.2 Å². The SMILES string of the molecule is [B]C([B])(OP(=O)(O)OP(=O)(O)O)[C@@]1(F)O[C@@]([B])(n2ccc(=S)[nH]c2=O)[C@H](O)[C@@H]1O. The number of aliphatic hydroxyl groups excluding tert-OH is 2. The van der Waals surface area contributed by atoms with E-state index in [0.29, 0.717) is 4.57 Å². The van der Waals surface area contributed by atoms with Crippen molar-refractivity contribution in [1.29, 1.82) is 0 Å². The molecule has 1 aliphatic heterocycles. The Labute approximate surface area is 169 Å². The van der Waals surface area contributed by atoms with E-state index < -0.39 is 50.4 Å². The lowest BCUT2D eigenvalue weighted by Crippen LogP contribution is -2.60. The number of phosphoric acid groups is 2. The van der Waals surface area contributed by atoms with Crippen molar-refractivity contribution in [3.05, 3.63) is 27.4 Å². The fourth-order valence-corrected chi connectivity index (χ4v) is 4.25. The van der Waals surface area contributed by atoms with Crippen LogP contribution in [0.5, 0.6) is 0 Å². The molecule has 0 bridgehead atoms. The van der Waals surface area contributed by atoms with Crippen LogP contribution in [0.3, 0.4) is 0 Å². The number of aromatic nitrogens is 2. The number of alkyl halides is 1. The van der Waals surface area contributed by atoms with Gasteiger partial charge in [0.25, 0.3) is 5.85 Å². The Morgan fingerprint density at radius 1 is 1.31 bits per heavy atom. The molecule has 0 aromatic carbocycles. The van der Waals surface area contributed by atoms with Gasteiger partial charge in [0.1, 0.15) is 46.0 Å². The number of nitrogens with one attached hydrogen (secondary N) is 1. The number of aromatic amines is 1. The first kappa shape index (κ1) is 24.6. The summed E-state index contributed by atoms with van der Waals surface area (Å²) in [6, 6.07) is 1.08. The maximum atomic E-state index is 15.4. The van der Waals surface area contributed by atoms with E-state index in [0.717, 1.165) is 12.3 Å². The van der Waals surface area contributed by atoms with Crippen molar-refractivity contribution < 1.29 is 52.0 Å². The molecule has 2 heterocycles. The molecule has 0 saturated carbocycles. The minimum Gasteiger partial charge on any atom is -0.386 e. The van der Waals surface area contributed by atoms with Gasteiger partial charge >= 0.3 is 21.3 Å². The van der Waals surface area contributed by atoms with E-state index in [4.69, 9.17) is 45.5 Å². The second-order valence-corrected chi connectivity index (χ2v) is 8.99. The zero-order chi connectivity index (χ0) is 22.6. The van der Waals surface area contributed by atoms with Crippen LogP contribution in [0.2, 0.25) is 0 Å². The molecule has 2 rings (SSSR count). The molecule has 1 aliphatic rings. The number of halogens is 1. The molecular formula is C9H10B3FN2O11P2S. The van der Waals surface area contributed by atoms with E-state index in [-0.39, 0.29) is 4.64 Å². The molecule has 0 amide bonds. The first-order valence-electron chi connectivity index (χ1n) is 7.09. The summed E-state index contributed by atoms with van der Waals surface area (Å²) in [6.07, 6.45) is -4.44. The predicted molar refractivity (Wildman–Crippen MR) is 94.8 cm³/mol. The van der Waals surface area contributed by atoms with Gasteiger partial charge < -0.3 is 29.6 Å². The van der Waals surface area contributed by atoms with Gasteiger partial charge in [-0.25, -0.2) is 18.3 Å². The maximum absolute atomic E-state index is 15.4. The monoisotopic (exact) mass is 468 g/mol. The minimum atomic E-state index is -5.86. The fraction of sp³-hybridized carbons (Fsp3) is 0.556. The van der Waals surface area contributed by atoms with Crippen LogP contribution in [-0.2, 0) is 28.3 Å². The van der Waals surface area contributed by atoms with Gasteiger partial charge in [-0.05, 0) is 6.07 Å². The lowest BCUT2D eigenvalue weighted by Gasteiger charge is -2.41. The van der Waals surface area contributed by atoms with E-state index in [1.807, 2.05) is 0 Å². The van der Waals surface area contributed by atoms with E-state index >= 15 is 4.39 Å². The molecule has 6 radical (unpaired) electrons. The molecule has 13 nitrogen and oxygen atoms in total. The van der Waals surface area contributed by atoms with Crippen LogP contribution in [0, 0.1) is 4.64 Å². The first-order chi connectivity index (χ1) is 12.8. The molecule has 0 spiro atoms. The predicted octanol–water partition coefficient (Wildman–Crippen LogP) is -2.68. The maximum Gasteiger partial charge on any atom is 0.480 e.